The van der Waals surface area contributed by atoms with Gasteiger partial charge in [0.2, 0.25) is 0 Å². The summed E-state index contributed by atoms with van der Waals surface area (Å²) in [5, 5.41) is 11.5. The number of ketones is 1. The van der Waals surface area contributed by atoms with Gasteiger partial charge in [-0.25, -0.2) is 0 Å². The summed E-state index contributed by atoms with van der Waals surface area (Å²) in [4.78, 5) is 27.6. The normalized spacial score (nSPS) is 17.9. The fraction of sp³-hybridized carbons (Fsp3) is 0.167. The summed E-state index contributed by atoms with van der Waals surface area (Å²) in [6.45, 7) is 3.82. The molecule has 0 bridgehead atoms. The molecule has 1 aliphatic heterocycles. The van der Waals surface area contributed by atoms with E-state index in [4.69, 9.17) is 20.8 Å². The molecule has 158 valence electrons. The van der Waals surface area contributed by atoms with Crippen LogP contribution in [0.15, 0.2) is 64.8 Å². The molecule has 0 aliphatic carbocycles. The Kier molecular flexibility index (Phi) is 5.33. The lowest BCUT2D eigenvalue weighted by Crippen LogP contribution is -2.29. The van der Waals surface area contributed by atoms with Crippen LogP contribution < -0.4 is 9.64 Å². The van der Waals surface area contributed by atoms with Crippen LogP contribution in [0.3, 0.4) is 0 Å². The summed E-state index contributed by atoms with van der Waals surface area (Å²) >= 11 is 6.11. The van der Waals surface area contributed by atoms with Crippen LogP contribution in [-0.4, -0.2) is 23.9 Å². The number of anilines is 1. The lowest BCUT2D eigenvalue weighted by molar-refractivity contribution is -0.132. The van der Waals surface area contributed by atoms with Gasteiger partial charge >= 0.3 is 0 Å². The highest BCUT2D eigenvalue weighted by atomic mass is 35.5. The largest absolute Gasteiger partial charge is 0.507 e. The third-order valence-electron chi connectivity index (χ3n) is 5.16. The first-order valence-corrected chi connectivity index (χ1v) is 9.96. The number of methoxy groups -OCH3 is 1. The highest BCUT2D eigenvalue weighted by molar-refractivity contribution is 6.51. The summed E-state index contributed by atoms with van der Waals surface area (Å²) in [7, 11) is 1.44. The van der Waals surface area contributed by atoms with E-state index in [-0.39, 0.29) is 16.9 Å². The molecule has 1 aliphatic rings. The number of ether oxygens (including phenoxy) is 1. The van der Waals surface area contributed by atoms with Gasteiger partial charge in [-0.15, -0.1) is 0 Å². The molecule has 7 heteroatoms. The first-order chi connectivity index (χ1) is 14.8. The van der Waals surface area contributed by atoms with Crippen molar-refractivity contribution in [3.8, 4) is 5.75 Å². The minimum absolute atomic E-state index is 0.0975. The zero-order chi connectivity index (χ0) is 22.3. The van der Waals surface area contributed by atoms with Crippen LogP contribution >= 0.6 is 11.6 Å². The summed E-state index contributed by atoms with van der Waals surface area (Å²) in [5.41, 5.74) is 2.53. The number of aryl methyl sites for hydroxylation is 2. The van der Waals surface area contributed by atoms with Gasteiger partial charge in [-0.1, -0.05) is 17.7 Å². The van der Waals surface area contributed by atoms with Crippen LogP contribution in [-0.2, 0) is 9.59 Å². The van der Waals surface area contributed by atoms with E-state index >= 15 is 0 Å². The second-order valence-electron chi connectivity index (χ2n) is 7.38. The maximum Gasteiger partial charge on any atom is 0.300 e. The number of hydrogen-bond acceptors (Lipinski definition) is 5. The lowest BCUT2D eigenvalue weighted by atomic mass is 9.98. The predicted molar refractivity (Wildman–Crippen MR) is 117 cm³/mol. The lowest BCUT2D eigenvalue weighted by Gasteiger charge is -2.24. The van der Waals surface area contributed by atoms with E-state index in [0.29, 0.717) is 22.2 Å². The highest BCUT2D eigenvalue weighted by Gasteiger charge is 2.48. The van der Waals surface area contributed by atoms with E-state index in [1.807, 2.05) is 32.0 Å². The van der Waals surface area contributed by atoms with Gasteiger partial charge in [0, 0.05) is 10.7 Å². The van der Waals surface area contributed by atoms with Crippen molar-refractivity contribution < 1.29 is 23.8 Å². The van der Waals surface area contributed by atoms with Crippen molar-refractivity contribution in [2.45, 2.75) is 19.9 Å². The first kappa shape index (κ1) is 20.8. The molecule has 6 nitrogen and oxygen atoms in total. The van der Waals surface area contributed by atoms with Gasteiger partial charge in [0.05, 0.1) is 24.5 Å². The Morgan fingerprint density at radius 3 is 2.42 bits per heavy atom. The monoisotopic (exact) mass is 437 g/mol. The Hall–Kier alpha value is -3.51. The van der Waals surface area contributed by atoms with Crippen LogP contribution in [0.5, 0.6) is 5.75 Å². The van der Waals surface area contributed by atoms with Gasteiger partial charge in [0.25, 0.3) is 11.7 Å². The Morgan fingerprint density at radius 1 is 1.10 bits per heavy atom. The fourth-order valence-electron chi connectivity index (χ4n) is 3.91. The molecule has 1 saturated heterocycles. The predicted octanol–water partition coefficient (Wildman–Crippen LogP) is 5.18. The van der Waals surface area contributed by atoms with Crippen LogP contribution in [0.4, 0.5) is 5.69 Å². The number of aliphatic hydroxyl groups is 1. The Morgan fingerprint density at radius 2 is 1.81 bits per heavy atom. The van der Waals surface area contributed by atoms with E-state index in [1.165, 1.54) is 24.3 Å². The molecule has 0 saturated carbocycles. The van der Waals surface area contributed by atoms with Gasteiger partial charge in [0.1, 0.15) is 23.3 Å². The van der Waals surface area contributed by atoms with Crippen molar-refractivity contribution >= 4 is 34.7 Å². The van der Waals surface area contributed by atoms with Crippen molar-refractivity contribution in [1.29, 1.82) is 0 Å². The molecule has 1 atom stereocenters. The third kappa shape index (κ3) is 3.59. The molecule has 1 unspecified atom stereocenters. The van der Waals surface area contributed by atoms with E-state index in [1.54, 1.807) is 24.3 Å². The zero-order valence-electron chi connectivity index (χ0n) is 17.2. The molecule has 1 aromatic heterocycles. The smallest absolute Gasteiger partial charge is 0.300 e. The molecule has 31 heavy (non-hydrogen) atoms. The van der Waals surface area contributed by atoms with Crippen LogP contribution in [0.25, 0.3) is 5.76 Å². The number of furan rings is 1. The van der Waals surface area contributed by atoms with Gasteiger partial charge in [-0.2, -0.15) is 0 Å². The number of aliphatic hydroxyl groups excluding tert-OH is 1. The second-order valence-corrected chi connectivity index (χ2v) is 7.81. The van der Waals surface area contributed by atoms with Crippen molar-refractivity contribution in [1.82, 2.24) is 0 Å². The highest BCUT2D eigenvalue weighted by Crippen LogP contribution is 2.44. The molecule has 3 aromatic rings. The maximum atomic E-state index is 13.1. The van der Waals surface area contributed by atoms with E-state index in [9.17, 15) is 14.7 Å². The Bertz CT molecular complexity index is 1190. The number of amides is 1. The molecule has 1 fully saturated rings. The number of hydrogen-bond donors (Lipinski definition) is 1. The number of rotatable bonds is 4. The Balaban J connectivity index is 1.98. The zero-order valence-corrected chi connectivity index (χ0v) is 17.9. The molecular formula is C24H20ClNO5. The topological polar surface area (TPSA) is 80.0 Å². The standard InChI is InChI=1S/C24H20ClNO5/c1-13-9-14(2)11-16(10-13)26-21(19-5-4-8-31-19)20(23(28)24(26)29)22(27)17-12-15(25)6-7-18(17)30-3/h4-12,21,27H,1-3H3/b22-20-. The summed E-state index contributed by atoms with van der Waals surface area (Å²) < 4.78 is 10.9. The van der Waals surface area contributed by atoms with Crippen molar-refractivity contribution in [3.63, 3.8) is 0 Å². The number of Topliss-reactive ketones (excluding diaryl/α,β-unsaturated/α-hetero) is 1. The molecule has 1 N–H and O–H groups in total. The average Bonchev–Trinajstić information content (AvgIpc) is 3.34. The molecular weight excluding hydrogens is 418 g/mol. The minimum atomic E-state index is -0.945. The van der Waals surface area contributed by atoms with E-state index in [0.717, 1.165) is 11.1 Å². The second kappa shape index (κ2) is 7.96. The molecule has 1 amide bonds. The quantitative estimate of drug-likeness (QED) is 0.345. The maximum absolute atomic E-state index is 13.1. The average molecular weight is 438 g/mol. The van der Waals surface area contributed by atoms with Crippen LogP contribution in [0, 0.1) is 13.8 Å². The van der Waals surface area contributed by atoms with Crippen LogP contribution in [0.1, 0.15) is 28.5 Å². The van der Waals surface area contributed by atoms with Crippen molar-refractivity contribution in [2.24, 2.45) is 0 Å². The molecule has 2 heterocycles. The van der Waals surface area contributed by atoms with E-state index < -0.39 is 17.7 Å². The summed E-state index contributed by atoms with van der Waals surface area (Å²) in [6, 6.07) is 12.7. The third-order valence-corrected chi connectivity index (χ3v) is 5.39. The number of nitrogens with zero attached hydrogens (tertiary/aromatic N) is 1. The molecule has 0 radical (unpaired) electrons. The van der Waals surface area contributed by atoms with Crippen LogP contribution in [0.2, 0.25) is 5.02 Å². The Labute approximate surface area is 184 Å². The summed E-state index contributed by atoms with van der Waals surface area (Å²) in [6.07, 6.45) is 1.46. The fourth-order valence-corrected chi connectivity index (χ4v) is 4.09. The van der Waals surface area contributed by atoms with Gasteiger partial charge in [0.15, 0.2) is 0 Å². The first-order valence-electron chi connectivity index (χ1n) is 9.58. The molecule has 2 aromatic carbocycles. The number of carbonyl (C=O) groups is 2. The van der Waals surface area contributed by atoms with E-state index in [2.05, 4.69) is 0 Å². The van der Waals surface area contributed by atoms with Gasteiger partial charge in [-0.3, -0.25) is 14.5 Å². The molecule has 4 rings (SSSR count). The van der Waals surface area contributed by atoms with Gasteiger partial charge in [-0.05, 0) is 67.4 Å². The number of carbonyl (C=O) groups excluding carboxylic acids is 2. The van der Waals surface area contributed by atoms with Gasteiger partial charge < -0.3 is 14.3 Å². The minimum Gasteiger partial charge on any atom is -0.507 e. The van der Waals surface area contributed by atoms with Crippen molar-refractivity contribution in [2.75, 3.05) is 12.0 Å². The van der Waals surface area contributed by atoms with Crippen molar-refractivity contribution in [3.05, 3.63) is 87.8 Å². The summed E-state index contributed by atoms with van der Waals surface area (Å²) in [5.74, 6) is -1.29. The number of halogens is 1. The molecule has 0 spiro atoms. The SMILES string of the molecule is COc1ccc(Cl)cc1/C(O)=C1/C(=O)C(=O)N(c2cc(C)cc(C)c2)C1c1ccco1. The number of benzene rings is 2.